The summed E-state index contributed by atoms with van der Waals surface area (Å²) < 4.78 is 5.65. The molecule has 0 aliphatic carbocycles. The van der Waals surface area contributed by atoms with Crippen molar-refractivity contribution in [3.8, 4) is 0 Å². The quantitative estimate of drug-likeness (QED) is 0.840. The molecule has 0 aromatic rings. The first-order chi connectivity index (χ1) is 8.81. The Balaban J connectivity index is 1.73. The van der Waals surface area contributed by atoms with E-state index in [2.05, 4.69) is 12.2 Å². The first-order valence-corrected chi connectivity index (χ1v) is 7.45. The van der Waals surface area contributed by atoms with Gasteiger partial charge in [0.25, 0.3) is 0 Å². The molecule has 2 heterocycles. The number of amides is 2. The van der Waals surface area contributed by atoms with Gasteiger partial charge in [-0.3, -0.25) is 0 Å². The second-order valence-electron chi connectivity index (χ2n) is 5.45. The molecule has 2 unspecified atom stereocenters. The number of hydrogen-bond donors (Lipinski definition) is 1. The normalized spacial score (nSPS) is 29.1. The Bertz CT molecular complexity index is 263. The molecule has 4 nitrogen and oxygen atoms in total. The third-order valence-corrected chi connectivity index (χ3v) is 4.16. The summed E-state index contributed by atoms with van der Waals surface area (Å²) in [5, 5.41) is 3.09. The van der Waals surface area contributed by atoms with Crippen LogP contribution < -0.4 is 5.32 Å². The minimum Gasteiger partial charge on any atom is -0.378 e. The highest BCUT2D eigenvalue weighted by molar-refractivity contribution is 5.74. The standard InChI is InChI=1S/C14H26N2O2/c1-2-13-12(7-10-18-13)11-15-14(17)16-8-5-3-4-6-9-16/h12-13H,2-11H2,1H3,(H,15,17). The van der Waals surface area contributed by atoms with Crippen molar-refractivity contribution in [3.05, 3.63) is 0 Å². The van der Waals surface area contributed by atoms with Crippen molar-refractivity contribution in [1.82, 2.24) is 10.2 Å². The zero-order valence-electron chi connectivity index (χ0n) is 11.5. The average Bonchev–Trinajstić information content (AvgIpc) is 2.67. The molecule has 2 aliphatic heterocycles. The van der Waals surface area contributed by atoms with Gasteiger partial charge in [0.1, 0.15) is 0 Å². The maximum Gasteiger partial charge on any atom is 0.317 e. The minimum atomic E-state index is 0.124. The van der Waals surface area contributed by atoms with E-state index < -0.39 is 0 Å². The van der Waals surface area contributed by atoms with Crippen LogP contribution in [0.15, 0.2) is 0 Å². The van der Waals surface area contributed by atoms with Crippen molar-refractivity contribution in [3.63, 3.8) is 0 Å². The van der Waals surface area contributed by atoms with Crippen LogP contribution in [0.25, 0.3) is 0 Å². The van der Waals surface area contributed by atoms with E-state index in [1.165, 1.54) is 12.8 Å². The lowest BCUT2D eigenvalue weighted by molar-refractivity contribution is 0.0873. The molecule has 0 spiro atoms. The highest BCUT2D eigenvalue weighted by Gasteiger charge is 2.27. The number of rotatable bonds is 3. The molecule has 2 atom stereocenters. The van der Waals surface area contributed by atoms with E-state index in [1.807, 2.05) is 4.90 Å². The number of nitrogens with zero attached hydrogens (tertiary/aromatic N) is 1. The van der Waals surface area contributed by atoms with Crippen molar-refractivity contribution in [2.75, 3.05) is 26.2 Å². The maximum atomic E-state index is 12.1. The molecule has 2 saturated heterocycles. The van der Waals surface area contributed by atoms with Crippen molar-refractivity contribution < 1.29 is 9.53 Å². The summed E-state index contributed by atoms with van der Waals surface area (Å²) >= 11 is 0. The number of carbonyl (C=O) groups is 1. The lowest BCUT2D eigenvalue weighted by atomic mass is 10.00. The summed E-state index contributed by atoms with van der Waals surface area (Å²) in [6.45, 7) is 5.62. The maximum absolute atomic E-state index is 12.1. The van der Waals surface area contributed by atoms with Gasteiger partial charge >= 0.3 is 6.03 Å². The van der Waals surface area contributed by atoms with Gasteiger partial charge in [0.15, 0.2) is 0 Å². The van der Waals surface area contributed by atoms with Crippen molar-refractivity contribution in [2.45, 2.75) is 51.6 Å². The molecule has 0 saturated carbocycles. The minimum absolute atomic E-state index is 0.124. The number of carbonyl (C=O) groups excluding carboxylic acids is 1. The Labute approximate surface area is 110 Å². The second-order valence-corrected chi connectivity index (χ2v) is 5.45. The van der Waals surface area contributed by atoms with E-state index >= 15 is 0 Å². The monoisotopic (exact) mass is 254 g/mol. The fraction of sp³-hybridized carbons (Fsp3) is 0.929. The molecule has 1 N–H and O–H groups in total. The highest BCUT2D eigenvalue weighted by Crippen LogP contribution is 2.22. The van der Waals surface area contributed by atoms with Crippen LogP contribution in [-0.4, -0.2) is 43.3 Å². The SMILES string of the molecule is CCC1OCCC1CNC(=O)N1CCCCCC1. The van der Waals surface area contributed by atoms with Crippen LogP contribution >= 0.6 is 0 Å². The third kappa shape index (κ3) is 3.61. The molecule has 104 valence electrons. The van der Waals surface area contributed by atoms with Gasteiger partial charge in [-0.25, -0.2) is 4.79 Å². The van der Waals surface area contributed by atoms with Gasteiger partial charge < -0.3 is 15.0 Å². The molecule has 0 aromatic carbocycles. The summed E-state index contributed by atoms with van der Waals surface area (Å²) in [5.41, 5.74) is 0. The van der Waals surface area contributed by atoms with Crippen LogP contribution in [0.5, 0.6) is 0 Å². The van der Waals surface area contributed by atoms with Crippen LogP contribution in [0.2, 0.25) is 0 Å². The zero-order chi connectivity index (χ0) is 12.8. The Morgan fingerprint density at radius 2 is 2.00 bits per heavy atom. The van der Waals surface area contributed by atoms with Gasteiger partial charge in [-0.15, -0.1) is 0 Å². The first-order valence-electron chi connectivity index (χ1n) is 7.45. The van der Waals surface area contributed by atoms with Crippen LogP contribution in [0.4, 0.5) is 4.79 Å². The van der Waals surface area contributed by atoms with Crippen LogP contribution in [0, 0.1) is 5.92 Å². The molecule has 18 heavy (non-hydrogen) atoms. The molecule has 2 rings (SSSR count). The Hall–Kier alpha value is -0.770. The van der Waals surface area contributed by atoms with Gasteiger partial charge in [0.05, 0.1) is 6.10 Å². The van der Waals surface area contributed by atoms with Crippen molar-refractivity contribution >= 4 is 6.03 Å². The summed E-state index contributed by atoms with van der Waals surface area (Å²) in [6, 6.07) is 0.124. The molecule has 0 radical (unpaired) electrons. The summed E-state index contributed by atoms with van der Waals surface area (Å²) in [7, 11) is 0. The van der Waals surface area contributed by atoms with Crippen LogP contribution in [-0.2, 0) is 4.74 Å². The zero-order valence-corrected chi connectivity index (χ0v) is 11.5. The predicted molar refractivity (Wildman–Crippen MR) is 71.6 cm³/mol. The van der Waals surface area contributed by atoms with Crippen LogP contribution in [0.1, 0.15) is 45.4 Å². The van der Waals surface area contributed by atoms with Gasteiger partial charge in [0.2, 0.25) is 0 Å². The molecular weight excluding hydrogens is 228 g/mol. The largest absolute Gasteiger partial charge is 0.378 e. The molecule has 2 fully saturated rings. The molecule has 4 heteroatoms. The summed E-state index contributed by atoms with van der Waals surface area (Å²) in [4.78, 5) is 14.1. The first kappa shape index (κ1) is 13.7. The van der Waals surface area contributed by atoms with E-state index in [4.69, 9.17) is 4.74 Å². The Kier molecular flexibility index (Phi) is 5.29. The molecule has 2 amide bonds. The smallest absolute Gasteiger partial charge is 0.317 e. The fourth-order valence-corrected chi connectivity index (χ4v) is 2.98. The third-order valence-electron chi connectivity index (χ3n) is 4.16. The van der Waals surface area contributed by atoms with Crippen LogP contribution in [0.3, 0.4) is 0 Å². The molecule has 0 aromatic heterocycles. The van der Waals surface area contributed by atoms with E-state index in [1.54, 1.807) is 0 Å². The lowest BCUT2D eigenvalue weighted by Crippen LogP contribution is -2.43. The molecule has 0 bridgehead atoms. The van der Waals surface area contributed by atoms with E-state index in [9.17, 15) is 4.79 Å². The highest BCUT2D eigenvalue weighted by atomic mass is 16.5. The average molecular weight is 254 g/mol. The topological polar surface area (TPSA) is 41.6 Å². The fourth-order valence-electron chi connectivity index (χ4n) is 2.98. The van der Waals surface area contributed by atoms with Gasteiger partial charge in [-0.05, 0) is 25.7 Å². The van der Waals surface area contributed by atoms with Crippen molar-refractivity contribution in [2.24, 2.45) is 5.92 Å². The second kappa shape index (κ2) is 6.98. The van der Waals surface area contributed by atoms with Gasteiger partial charge in [-0.1, -0.05) is 19.8 Å². The summed E-state index contributed by atoms with van der Waals surface area (Å²) in [6.07, 6.45) is 7.29. The number of hydrogen-bond acceptors (Lipinski definition) is 2. The van der Waals surface area contributed by atoms with Gasteiger partial charge in [-0.2, -0.15) is 0 Å². The van der Waals surface area contributed by atoms with E-state index in [0.717, 1.165) is 51.9 Å². The predicted octanol–water partition coefficient (Wildman–Crippen LogP) is 2.39. The Morgan fingerprint density at radius 1 is 1.28 bits per heavy atom. The number of likely N-dealkylation sites (tertiary alicyclic amines) is 1. The van der Waals surface area contributed by atoms with E-state index in [0.29, 0.717) is 12.0 Å². The number of urea groups is 1. The lowest BCUT2D eigenvalue weighted by Gasteiger charge is -2.23. The number of ether oxygens (including phenoxy) is 1. The molecular formula is C14H26N2O2. The van der Waals surface area contributed by atoms with E-state index in [-0.39, 0.29) is 6.03 Å². The number of nitrogens with one attached hydrogen (secondary N) is 1. The summed E-state index contributed by atoms with van der Waals surface area (Å²) in [5.74, 6) is 0.505. The molecule has 2 aliphatic rings. The van der Waals surface area contributed by atoms with Gasteiger partial charge in [0, 0.05) is 32.2 Å². The Morgan fingerprint density at radius 3 is 2.67 bits per heavy atom. The van der Waals surface area contributed by atoms with Crippen molar-refractivity contribution in [1.29, 1.82) is 0 Å².